The quantitative estimate of drug-likeness (QED) is 0.517. The molecule has 0 aromatic rings. The molecule has 0 saturated carbocycles. The van der Waals surface area contributed by atoms with Crippen LogP contribution < -0.4 is 0 Å². The molecule has 0 aliphatic heterocycles. The summed E-state index contributed by atoms with van der Waals surface area (Å²) in [5.41, 5.74) is 0. The minimum absolute atomic E-state index is 0. The Balaban J connectivity index is 0. The molecule has 0 fully saturated rings. The zero-order valence-electron chi connectivity index (χ0n) is 6.39. The number of rotatable bonds is 2. The largest absolute Gasteiger partial charge is 0.436 e. The predicted octanol–water partition coefficient (Wildman–Crippen LogP) is 0.137. The minimum atomic E-state index is -0.391. The van der Waals surface area contributed by atoms with E-state index in [4.69, 9.17) is 4.74 Å². The molecule has 1 atom stereocenters. The molecular weight excluding hydrogens is 132 g/mol. The van der Waals surface area contributed by atoms with Gasteiger partial charge in [0, 0.05) is 6.92 Å². The second kappa shape index (κ2) is 6.12. The lowest BCUT2D eigenvalue weighted by atomic mass is 10.3. The lowest BCUT2D eigenvalue weighted by molar-refractivity contribution is -0.123. The zero-order valence-corrected chi connectivity index (χ0v) is 6.39. The topological polar surface area (TPSA) is 57.8 Å². The Hall–Kier alpha value is -1.01. The number of hydrogen-bond acceptors (Lipinski definition) is 2. The fraction of sp³-hybridized carbons (Fsp3) is 0.571. The Morgan fingerprint density at radius 3 is 2.40 bits per heavy atom. The van der Waals surface area contributed by atoms with E-state index in [1.54, 1.807) is 13.8 Å². The minimum Gasteiger partial charge on any atom is -0.436 e. The first-order chi connectivity index (χ1) is 4.18. The van der Waals surface area contributed by atoms with E-state index in [0.29, 0.717) is 0 Å². The van der Waals surface area contributed by atoms with Crippen molar-refractivity contribution in [3.05, 3.63) is 0 Å². The van der Waals surface area contributed by atoms with E-state index >= 15 is 0 Å². The van der Waals surface area contributed by atoms with Crippen LogP contribution in [0.25, 0.3) is 0 Å². The molecule has 0 radical (unpaired) electrons. The zero-order chi connectivity index (χ0) is 7.28. The van der Waals surface area contributed by atoms with Crippen LogP contribution in [0, 0.1) is 12.0 Å². The molecule has 0 rings (SSSR count). The van der Waals surface area contributed by atoms with Gasteiger partial charge in [-0.15, -0.1) is 0 Å². The molecule has 58 valence electrons. The highest BCUT2D eigenvalue weighted by atomic mass is 16.5. The second-order valence-electron chi connectivity index (χ2n) is 1.72. The Morgan fingerprint density at radius 1 is 1.60 bits per heavy atom. The van der Waals surface area contributed by atoms with Crippen LogP contribution in [0.15, 0.2) is 0 Å². The third kappa shape index (κ3) is 5.13. The molecular formula is C7H12O3. The smallest absolute Gasteiger partial charge is 0.171 e. The van der Waals surface area contributed by atoms with Gasteiger partial charge in [0.15, 0.2) is 11.9 Å². The number of hydrogen-bond donors (Lipinski definition) is 0. The summed E-state index contributed by atoms with van der Waals surface area (Å²) >= 11 is 0. The van der Waals surface area contributed by atoms with Crippen molar-refractivity contribution < 1.29 is 15.0 Å². The van der Waals surface area contributed by atoms with Gasteiger partial charge in [-0.3, -0.25) is 4.79 Å². The molecule has 0 aromatic carbocycles. The van der Waals surface area contributed by atoms with E-state index in [2.05, 4.69) is 12.0 Å². The van der Waals surface area contributed by atoms with Gasteiger partial charge >= 0.3 is 0 Å². The number of carbonyl (C=O) groups is 1. The lowest BCUT2D eigenvalue weighted by Crippen LogP contribution is -2.14. The molecule has 0 bridgehead atoms. The maximum Gasteiger partial charge on any atom is 0.171 e. The maximum atomic E-state index is 10.5. The Labute approximate surface area is 60.7 Å². The van der Waals surface area contributed by atoms with Crippen molar-refractivity contribution >= 4 is 5.78 Å². The highest BCUT2D eigenvalue weighted by Crippen LogP contribution is 1.88. The third-order valence-electron chi connectivity index (χ3n) is 0.910. The van der Waals surface area contributed by atoms with Crippen molar-refractivity contribution in [3.63, 3.8) is 0 Å². The summed E-state index contributed by atoms with van der Waals surface area (Å²) in [7, 11) is 0. The van der Waals surface area contributed by atoms with Crippen molar-refractivity contribution in [2.75, 3.05) is 0 Å². The average Bonchev–Trinajstić information content (AvgIpc) is 1.82. The van der Waals surface area contributed by atoms with Crippen LogP contribution in [0.3, 0.4) is 0 Å². The van der Waals surface area contributed by atoms with Crippen LogP contribution in [0.4, 0.5) is 0 Å². The number of carbonyl (C=O) groups excluding carboxylic acids is 1. The molecule has 3 heteroatoms. The highest BCUT2D eigenvalue weighted by Gasteiger charge is 2.04. The first-order valence-corrected chi connectivity index (χ1v) is 2.76. The van der Waals surface area contributed by atoms with Gasteiger partial charge in [0.1, 0.15) is 6.11 Å². The van der Waals surface area contributed by atoms with Gasteiger partial charge < -0.3 is 10.2 Å². The molecule has 0 aliphatic carbocycles. The molecule has 0 aliphatic rings. The normalized spacial score (nSPS) is 9.90. The summed E-state index contributed by atoms with van der Waals surface area (Å²) in [6, 6.07) is 0. The fourth-order valence-corrected chi connectivity index (χ4v) is 0.230. The van der Waals surface area contributed by atoms with E-state index < -0.39 is 6.10 Å². The predicted molar refractivity (Wildman–Crippen MR) is 38.3 cm³/mol. The number of ketones is 1. The molecule has 0 aromatic heterocycles. The van der Waals surface area contributed by atoms with Gasteiger partial charge in [-0.05, 0) is 13.8 Å². The molecule has 2 N–H and O–H groups in total. The van der Waals surface area contributed by atoms with Gasteiger partial charge in [-0.2, -0.15) is 0 Å². The van der Waals surface area contributed by atoms with Gasteiger partial charge in [-0.1, -0.05) is 5.92 Å². The molecule has 1 unspecified atom stereocenters. The lowest BCUT2D eigenvalue weighted by Gasteiger charge is -2.01. The van der Waals surface area contributed by atoms with E-state index in [0.717, 1.165) is 0 Å². The summed E-state index contributed by atoms with van der Waals surface area (Å²) in [5.74, 6) is 2.53. The molecule has 0 heterocycles. The van der Waals surface area contributed by atoms with Gasteiger partial charge in [0.05, 0.1) is 0 Å². The molecule has 0 amide bonds. The monoisotopic (exact) mass is 144 g/mol. The number of ether oxygens (including phenoxy) is 1. The third-order valence-corrected chi connectivity index (χ3v) is 0.910. The van der Waals surface area contributed by atoms with Gasteiger partial charge in [0.25, 0.3) is 0 Å². The summed E-state index contributed by atoms with van der Waals surface area (Å²) in [6.07, 6.45) is 1.97. The molecule has 10 heavy (non-hydrogen) atoms. The maximum absolute atomic E-state index is 10.5. The van der Waals surface area contributed by atoms with Crippen molar-refractivity contribution in [2.24, 2.45) is 0 Å². The summed E-state index contributed by atoms with van der Waals surface area (Å²) in [6.45, 7) is 4.81. The summed E-state index contributed by atoms with van der Waals surface area (Å²) < 4.78 is 4.74. The average molecular weight is 144 g/mol. The number of Topliss-reactive ketones (excluding diaryl/α,β-unsaturated/α-hetero) is 1. The SMILES string of the molecule is CC#COC(C)C(C)=O.O. The van der Waals surface area contributed by atoms with Crippen molar-refractivity contribution in [3.8, 4) is 12.0 Å². The van der Waals surface area contributed by atoms with Crippen LogP contribution in [-0.4, -0.2) is 17.4 Å². The molecule has 0 spiro atoms. The standard InChI is InChI=1S/C7H10O2.H2O/c1-4-5-9-7(3)6(2)8;/h7H,1-3H3;1H2. The molecule has 3 nitrogen and oxygen atoms in total. The van der Waals surface area contributed by atoms with Crippen LogP contribution >= 0.6 is 0 Å². The van der Waals surface area contributed by atoms with E-state index in [9.17, 15) is 4.79 Å². The van der Waals surface area contributed by atoms with E-state index in [1.807, 2.05) is 0 Å². The van der Waals surface area contributed by atoms with Gasteiger partial charge in [-0.25, -0.2) is 0 Å². The van der Waals surface area contributed by atoms with Crippen molar-refractivity contribution in [1.29, 1.82) is 0 Å². The van der Waals surface area contributed by atoms with E-state index in [1.165, 1.54) is 6.92 Å². The molecule has 0 saturated heterocycles. The van der Waals surface area contributed by atoms with Gasteiger partial charge in [0.2, 0.25) is 0 Å². The highest BCUT2D eigenvalue weighted by molar-refractivity contribution is 5.80. The van der Waals surface area contributed by atoms with Crippen molar-refractivity contribution in [2.45, 2.75) is 26.9 Å². The summed E-state index contributed by atoms with van der Waals surface area (Å²) in [5, 5.41) is 0. The Morgan fingerprint density at radius 2 is 2.10 bits per heavy atom. The first kappa shape index (κ1) is 11.7. The first-order valence-electron chi connectivity index (χ1n) is 2.76. The van der Waals surface area contributed by atoms with Crippen LogP contribution in [0.5, 0.6) is 0 Å². The van der Waals surface area contributed by atoms with Crippen LogP contribution in [0.1, 0.15) is 20.8 Å². The van der Waals surface area contributed by atoms with E-state index in [-0.39, 0.29) is 11.3 Å². The fourth-order valence-electron chi connectivity index (χ4n) is 0.230. The Kier molecular flexibility index (Phi) is 7.18. The second-order valence-corrected chi connectivity index (χ2v) is 1.72. The van der Waals surface area contributed by atoms with Crippen LogP contribution in [-0.2, 0) is 9.53 Å². The Bertz CT molecular complexity index is 152. The summed E-state index contributed by atoms with van der Waals surface area (Å²) in [4.78, 5) is 10.5. The van der Waals surface area contributed by atoms with Crippen LogP contribution in [0.2, 0.25) is 0 Å². The van der Waals surface area contributed by atoms with Crippen molar-refractivity contribution in [1.82, 2.24) is 0 Å².